The van der Waals surface area contributed by atoms with Crippen LogP contribution >= 0.6 is 0 Å². The lowest BCUT2D eigenvalue weighted by Crippen LogP contribution is -2.55. The van der Waals surface area contributed by atoms with Gasteiger partial charge in [0.25, 0.3) is 0 Å². The van der Waals surface area contributed by atoms with E-state index < -0.39 is 24.4 Å². The molecule has 1 saturated heterocycles. The van der Waals surface area contributed by atoms with Gasteiger partial charge in [-0.3, -0.25) is 0 Å². The van der Waals surface area contributed by atoms with Crippen molar-refractivity contribution in [1.29, 1.82) is 0 Å². The second kappa shape index (κ2) is 18.3. The zero-order valence-electron chi connectivity index (χ0n) is 18.6. The van der Waals surface area contributed by atoms with Crippen LogP contribution in [0.5, 0.6) is 0 Å². The van der Waals surface area contributed by atoms with Crippen molar-refractivity contribution in [2.45, 2.75) is 121 Å². The molecule has 0 radical (unpaired) electrons. The van der Waals surface area contributed by atoms with Crippen LogP contribution in [0.1, 0.15) is 96.8 Å². The van der Waals surface area contributed by atoms with E-state index in [4.69, 9.17) is 9.47 Å². The Morgan fingerprint density at radius 2 is 1.38 bits per heavy atom. The summed E-state index contributed by atoms with van der Waals surface area (Å²) in [6, 6.07) is 0. The molecule has 0 saturated carbocycles. The molecule has 0 bridgehead atoms. The molecule has 0 aromatic rings. The molecular formula is C24H46O5. The van der Waals surface area contributed by atoms with Gasteiger partial charge in [0, 0.05) is 6.61 Å². The predicted molar refractivity (Wildman–Crippen MR) is 118 cm³/mol. The van der Waals surface area contributed by atoms with Crippen LogP contribution in [0.3, 0.4) is 0 Å². The summed E-state index contributed by atoms with van der Waals surface area (Å²) >= 11 is 0. The maximum Gasteiger partial charge on any atom is 0.114 e. The number of hydrogen-bond donors (Lipinski definition) is 3. The molecule has 1 aliphatic rings. The summed E-state index contributed by atoms with van der Waals surface area (Å²) in [5.41, 5.74) is 0. The van der Waals surface area contributed by atoms with E-state index in [1.165, 1.54) is 77.0 Å². The first-order valence-electron chi connectivity index (χ1n) is 12.1. The lowest BCUT2D eigenvalue weighted by Gasteiger charge is -2.37. The quantitative estimate of drug-likeness (QED) is 0.227. The number of hydrogen-bond acceptors (Lipinski definition) is 5. The molecule has 1 aliphatic heterocycles. The first-order valence-corrected chi connectivity index (χ1v) is 12.1. The average molecular weight is 415 g/mol. The molecule has 0 aromatic carbocycles. The van der Waals surface area contributed by atoms with Crippen LogP contribution in [0, 0.1) is 0 Å². The van der Waals surface area contributed by atoms with Crippen molar-refractivity contribution >= 4 is 0 Å². The lowest BCUT2D eigenvalue weighted by atomic mass is 10.0. The molecule has 4 atom stereocenters. The highest BCUT2D eigenvalue weighted by Crippen LogP contribution is 2.19. The van der Waals surface area contributed by atoms with Gasteiger partial charge in [0.05, 0.1) is 13.2 Å². The van der Waals surface area contributed by atoms with Crippen molar-refractivity contribution in [2.24, 2.45) is 0 Å². The minimum atomic E-state index is -0.990. The summed E-state index contributed by atoms with van der Waals surface area (Å²) in [4.78, 5) is 0. The van der Waals surface area contributed by atoms with Gasteiger partial charge < -0.3 is 24.8 Å². The molecule has 172 valence electrons. The SMILES string of the molecule is CCCCCCC/C=C/CCCCCCCCCO[C@@H]1[C@@H](O)[C@H](O)CO[C@H]1CO. The Hall–Kier alpha value is -0.460. The monoisotopic (exact) mass is 414 g/mol. The fourth-order valence-corrected chi connectivity index (χ4v) is 3.79. The van der Waals surface area contributed by atoms with Crippen LogP contribution in [0.4, 0.5) is 0 Å². The summed E-state index contributed by atoms with van der Waals surface area (Å²) in [5, 5.41) is 29.0. The Morgan fingerprint density at radius 1 is 0.828 bits per heavy atom. The highest BCUT2D eigenvalue weighted by atomic mass is 16.6. The molecule has 1 fully saturated rings. The third-order valence-electron chi connectivity index (χ3n) is 5.72. The second-order valence-corrected chi connectivity index (χ2v) is 8.39. The topological polar surface area (TPSA) is 79.2 Å². The van der Waals surface area contributed by atoms with E-state index in [9.17, 15) is 15.3 Å². The van der Waals surface area contributed by atoms with Crippen molar-refractivity contribution in [2.75, 3.05) is 19.8 Å². The molecule has 1 rings (SSSR count). The van der Waals surface area contributed by atoms with E-state index in [1.54, 1.807) is 0 Å². The summed E-state index contributed by atoms with van der Waals surface area (Å²) in [5.74, 6) is 0. The van der Waals surface area contributed by atoms with Crippen LogP contribution in [-0.2, 0) is 9.47 Å². The van der Waals surface area contributed by atoms with Crippen LogP contribution in [0.15, 0.2) is 12.2 Å². The van der Waals surface area contributed by atoms with Gasteiger partial charge in [-0.05, 0) is 32.1 Å². The molecule has 0 amide bonds. The van der Waals surface area contributed by atoms with E-state index in [0.29, 0.717) is 6.61 Å². The van der Waals surface area contributed by atoms with E-state index in [2.05, 4.69) is 19.1 Å². The Balaban J connectivity index is 1.87. The number of ether oxygens (including phenoxy) is 2. The van der Waals surface area contributed by atoms with Crippen molar-refractivity contribution in [1.82, 2.24) is 0 Å². The van der Waals surface area contributed by atoms with Crippen molar-refractivity contribution in [3.05, 3.63) is 12.2 Å². The van der Waals surface area contributed by atoms with Crippen molar-refractivity contribution in [3.8, 4) is 0 Å². The van der Waals surface area contributed by atoms with Gasteiger partial charge in [-0.15, -0.1) is 0 Å². The van der Waals surface area contributed by atoms with Gasteiger partial charge in [-0.2, -0.15) is 0 Å². The molecular weight excluding hydrogens is 368 g/mol. The van der Waals surface area contributed by atoms with Crippen LogP contribution in [0.25, 0.3) is 0 Å². The van der Waals surface area contributed by atoms with E-state index in [-0.39, 0.29) is 13.2 Å². The maximum atomic E-state index is 10.0. The summed E-state index contributed by atoms with van der Waals surface area (Å²) < 4.78 is 11.0. The maximum absolute atomic E-state index is 10.0. The van der Waals surface area contributed by atoms with Crippen LogP contribution < -0.4 is 0 Å². The largest absolute Gasteiger partial charge is 0.394 e. The fraction of sp³-hybridized carbons (Fsp3) is 0.917. The molecule has 0 spiro atoms. The highest BCUT2D eigenvalue weighted by Gasteiger charge is 2.39. The molecule has 5 heteroatoms. The van der Waals surface area contributed by atoms with Gasteiger partial charge >= 0.3 is 0 Å². The standard InChI is InChI=1S/C24H46O5/c1-2-3-4-5-6-7-8-9-10-11-12-13-14-15-16-17-18-28-24-22(19-25)29-20-21(26)23(24)27/h8-9,21-27H,2-7,10-20H2,1H3/b9-8+/t21-,22+,23+,24+/m1/s1. The molecule has 0 aromatic heterocycles. The van der Waals surface area contributed by atoms with Crippen LogP contribution in [0.2, 0.25) is 0 Å². The number of aliphatic hydroxyl groups excluding tert-OH is 3. The summed E-state index contributed by atoms with van der Waals surface area (Å²) in [6.07, 6.45) is 19.2. The van der Waals surface area contributed by atoms with E-state index in [0.717, 1.165) is 12.8 Å². The zero-order chi connectivity index (χ0) is 21.2. The van der Waals surface area contributed by atoms with Gasteiger partial charge in [0.15, 0.2) is 0 Å². The minimum absolute atomic E-state index is 0.0427. The third kappa shape index (κ3) is 12.7. The van der Waals surface area contributed by atoms with E-state index >= 15 is 0 Å². The Bertz CT molecular complexity index is 385. The average Bonchev–Trinajstić information content (AvgIpc) is 2.73. The molecule has 0 aliphatic carbocycles. The first kappa shape index (κ1) is 26.6. The Labute approximate surface area is 178 Å². The summed E-state index contributed by atoms with van der Waals surface area (Å²) in [7, 11) is 0. The second-order valence-electron chi connectivity index (χ2n) is 8.39. The number of aliphatic hydroxyl groups is 3. The van der Waals surface area contributed by atoms with Gasteiger partial charge in [0.1, 0.15) is 24.4 Å². The smallest absolute Gasteiger partial charge is 0.114 e. The Morgan fingerprint density at radius 3 is 1.97 bits per heavy atom. The zero-order valence-corrected chi connectivity index (χ0v) is 18.6. The molecule has 5 nitrogen and oxygen atoms in total. The fourth-order valence-electron chi connectivity index (χ4n) is 3.79. The number of unbranched alkanes of at least 4 members (excludes halogenated alkanes) is 12. The predicted octanol–water partition coefficient (Wildman–Crippen LogP) is 4.52. The molecule has 1 heterocycles. The molecule has 29 heavy (non-hydrogen) atoms. The minimum Gasteiger partial charge on any atom is -0.394 e. The highest BCUT2D eigenvalue weighted by molar-refractivity contribution is 4.87. The van der Waals surface area contributed by atoms with Gasteiger partial charge in [-0.25, -0.2) is 0 Å². The summed E-state index contributed by atoms with van der Waals surface area (Å²) in [6.45, 7) is 2.62. The van der Waals surface area contributed by atoms with Crippen LogP contribution in [-0.4, -0.2) is 59.6 Å². The van der Waals surface area contributed by atoms with Gasteiger partial charge in [-0.1, -0.05) is 76.9 Å². The normalized spacial score (nSPS) is 25.1. The Kier molecular flexibility index (Phi) is 16.8. The van der Waals surface area contributed by atoms with Gasteiger partial charge in [0.2, 0.25) is 0 Å². The third-order valence-corrected chi connectivity index (χ3v) is 5.72. The number of allylic oxidation sites excluding steroid dienone is 2. The molecule has 3 N–H and O–H groups in total. The number of rotatable bonds is 18. The van der Waals surface area contributed by atoms with E-state index in [1.807, 2.05) is 0 Å². The first-order chi connectivity index (χ1) is 14.2. The molecule has 0 unspecified atom stereocenters. The van der Waals surface area contributed by atoms with Crippen molar-refractivity contribution in [3.63, 3.8) is 0 Å². The van der Waals surface area contributed by atoms with Crippen molar-refractivity contribution < 1.29 is 24.8 Å². The lowest BCUT2D eigenvalue weighted by molar-refractivity contribution is -0.211.